The minimum atomic E-state index is -0.507. The van der Waals surface area contributed by atoms with Crippen LogP contribution in [0.4, 0.5) is 21.1 Å². The molecule has 0 bridgehead atoms. The summed E-state index contributed by atoms with van der Waals surface area (Å²) >= 11 is 0. The first-order chi connectivity index (χ1) is 15.1. The van der Waals surface area contributed by atoms with Crippen LogP contribution in [0.5, 0.6) is 0 Å². The summed E-state index contributed by atoms with van der Waals surface area (Å²) in [7, 11) is 1.85. The lowest BCUT2D eigenvalue weighted by Gasteiger charge is -2.34. The fourth-order valence-electron chi connectivity index (χ4n) is 4.15. The molecular formula is C22H30N6O4. The summed E-state index contributed by atoms with van der Waals surface area (Å²) in [5.74, 6) is 0.289. The third kappa shape index (κ3) is 4.63. The molecule has 0 spiro atoms. The maximum absolute atomic E-state index is 12.3. The molecule has 0 aliphatic carbocycles. The number of hydrogen-bond donors (Lipinski definition) is 2. The van der Waals surface area contributed by atoms with Gasteiger partial charge in [-0.05, 0) is 51.8 Å². The second kappa shape index (κ2) is 8.33. The van der Waals surface area contributed by atoms with Gasteiger partial charge in [0.25, 0.3) is 0 Å². The Labute approximate surface area is 186 Å². The molecular weight excluding hydrogens is 412 g/mol. The Morgan fingerprint density at radius 3 is 2.56 bits per heavy atom. The first kappa shape index (κ1) is 21.9. The number of carbonyl (C=O) groups excluding carboxylic acids is 3. The fourth-order valence-corrected chi connectivity index (χ4v) is 4.15. The standard InChI is InChI=1S/C22H30N6O4/c1-22(2,3)32-21(31)23-14-7-10-27(11-8-14)15-5-6-16-17(13-15)26(4)25-19(16)28-12-9-18(29)24-20(28)30/h5-6,13-14H,7-12H2,1-4H3,(H,23,31)(H,24,29,30). The number of nitrogens with one attached hydrogen (secondary N) is 2. The first-order valence-corrected chi connectivity index (χ1v) is 10.9. The van der Waals surface area contributed by atoms with Crippen LogP contribution >= 0.6 is 0 Å². The monoisotopic (exact) mass is 442 g/mol. The predicted molar refractivity (Wildman–Crippen MR) is 121 cm³/mol. The Morgan fingerprint density at radius 1 is 1.19 bits per heavy atom. The summed E-state index contributed by atoms with van der Waals surface area (Å²) in [6.45, 7) is 7.50. The number of aromatic nitrogens is 2. The summed E-state index contributed by atoms with van der Waals surface area (Å²) in [4.78, 5) is 39.5. The average Bonchev–Trinajstić information content (AvgIpc) is 3.03. The second-order valence-electron chi connectivity index (χ2n) is 9.31. The van der Waals surface area contributed by atoms with Crippen molar-refractivity contribution < 1.29 is 19.1 Å². The maximum atomic E-state index is 12.3. The number of amides is 4. The highest BCUT2D eigenvalue weighted by Crippen LogP contribution is 2.31. The van der Waals surface area contributed by atoms with Crippen molar-refractivity contribution in [1.82, 2.24) is 20.4 Å². The number of imide groups is 1. The van der Waals surface area contributed by atoms with Crippen LogP contribution in [0.1, 0.15) is 40.0 Å². The Kier molecular flexibility index (Phi) is 5.70. The molecule has 2 fully saturated rings. The molecule has 4 amide bonds. The molecule has 0 saturated carbocycles. The number of aryl methyl sites for hydroxylation is 1. The van der Waals surface area contributed by atoms with Gasteiger partial charge in [-0.15, -0.1) is 0 Å². The Hall–Kier alpha value is -3.30. The highest BCUT2D eigenvalue weighted by Gasteiger charge is 2.29. The molecule has 10 nitrogen and oxygen atoms in total. The zero-order chi connectivity index (χ0) is 23.0. The van der Waals surface area contributed by atoms with E-state index in [1.165, 1.54) is 4.90 Å². The number of benzene rings is 1. The molecule has 2 saturated heterocycles. The zero-order valence-corrected chi connectivity index (χ0v) is 19.0. The van der Waals surface area contributed by atoms with E-state index in [0.717, 1.165) is 42.5 Å². The smallest absolute Gasteiger partial charge is 0.407 e. The van der Waals surface area contributed by atoms with Crippen molar-refractivity contribution in [3.63, 3.8) is 0 Å². The van der Waals surface area contributed by atoms with Crippen LogP contribution < -0.4 is 20.4 Å². The highest BCUT2D eigenvalue weighted by molar-refractivity contribution is 6.09. The van der Waals surface area contributed by atoms with Gasteiger partial charge in [-0.2, -0.15) is 5.10 Å². The van der Waals surface area contributed by atoms with Crippen molar-refractivity contribution in [2.75, 3.05) is 29.4 Å². The lowest BCUT2D eigenvalue weighted by atomic mass is 10.0. The van der Waals surface area contributed by atoms with E-state index in [-0.39, 0.29) is 24.5 Å². The van der Waals surface area contributed by atoms with Gasteiger partial charge < -0.3 is 15.0 Å². The molecule has 32 heavy (non-hydrogen) atoms. The van der Waals surface area contributed by atoms with Crippen molar-refractivity contribution >= 4 is 40.4 Å². The summed E-state index contributed by atoms with van der Waals surface area (Å²) in [5, 5.41) is 10.7. The van der Waals surface area contributed by atoms with Crippen molar-refractivity contribution in [1.29, 1.82) is 0 Å². The lowest BCUT2D eigenvalue weighted by Crippen LogP contribution is -2.49. The number of alkyl carbamates (subject to hydrolysis) is 1. The Bertz CT molecular complexity index is 1050. The third-order valence-electron chi connectivity index (χ3n) is 5.71. The highest BCUT2D eigenvalue weighted by atomic mass is 16.6. The summed E-state index contributed by atoms with van der Waals surface area (Å²) in [6.07, 6.45) is 1.54. The normalized spacial score (nSPS) is 18.1. The van der Waals surface area contributed by atoms with Crippen LogP contribution in [0.15, 0.2) is 18.2 Å². The summed E-state index contributed by atoms with van der Waals surface area (Å²) < 4.78 is 7.11. The minimum Gasteiger partial charge on any atom is -0.444 e. The van der Waals surface area contributed by atoms with E-state index in [0.29, 0.717) is 12.4 Å². The zero-order valence-electron chi connectivity index (χ0n) is 19.0. The molecule has 172 valence electrons. The van der Waals surface area contributed by atoms with Gasteiger partial charge in [-0.3, -0.25) is 19.7 Å². The Balaban J connectivity index is 1.44. The van der Waals surface area contributed by atoms with E-state index in [9.17, 15) is 14.4 Å². The number of ether oxygens (including phenoxy) is 1. The van der Waals surface area contributed by atoms with Gasteiger partial charge in [-0.1, -0.05) is 0 Å². The van der Waals surface area contributed by atoms with E-state index in [2.05, 4.69) is 26.7 Å². The van der Waals surface area contributed by atoms with Crippen molar-refractivity contribution in [2.45, 2.75) is 51.7 Å². The van der Waals surface area contributed by atoms with Gasteiger partial charge in [0, 0.05) is 50.2 Å². The summed E-state index contributed by atoms with van der Waals surface area (Å²) in [5.41, 5.74) is 1.48. The SMILES string of the molecule is Cn1nc(N2CCC(=O)NC2=O)c2ccc(N3CCC(NC(=O)OC(C)(C)C)CC3)cc21. The molecule has 1 aromatic heterocycles. The van der Waals surface area contributed by atoms with Crippen molar-refractivity contribution in [2.24, 2.45) is 7.05 Å². The Morgan fingerprint density at radius 2 is 1.91 bits per heavy atom. The molecule has 3 heterocycles. The number of carbonyl (C=O) groups is 3. The number of fused-ring (bicyclic) bond motifs is 1. The van der Waals surface area contributed by atoms with Gasteiger partial charge in [0.1, 0.15) is 5.60 Å². The van der Waals surface area contributed by atoms with E-state index in [1.807, 2.05) is 40.0 Å². The van der Waals surface area contributed by atoms with E-state index in [4.69, 9.17) is 4.74 Å². The number of rotatable bonds is 3. The second-order valence-corrected chi connectivity index (χ2v) is 9.31. The van der Waals surface area contributed by atoms with E-state index in [1.54, 1.807) is 4.68 Å². The number of nitrogens with zero attached hydrogens (tertiary/aromatic N) is 4. The molecule has 2 N–H and O–H groups in total. The molecule has 0 atom stereocenters. The average molecular weight is 443 g/mol. The quantitative estimate of drug-likeness (QED) is 0.756. The largest absolute Gasteiger partial charge is 0.444 e. The molecule has 2 aromatic rings. The van der Waals surface area contributed by atoms with Crippen LogP contribution in [0, 0.1) is 0 Å². The van der Waals surface area contributed by atoms with Crippen molar-refractivity contribution in [3.8, 4) is 0 Å². The van der Waals surface area contributed by atoms with Gasteiger partial charge in [0.2, 0.25) is 5.91 Å². The van der Waals surface area contributed by atoms with Crippen LogP contribution in [0.2, 0.25) is 0 Å². The van der Waals surface area contributed by atoms with Gasteiger partial charge in [-0.25, -0.2) is 9.59 Å². The molecule has 2 aliphatic heterocycles. The van der Waals surface area contributed by atoms with Gasteiger partial charge >= 0.3 is 12.1 Å². The predicted octanol–water partition coefficient (Wildman–Crippen LogP) is 2.51. The lowest BCUT2D eigenvalue weighted by molar-refractivity contribution is -0.120. The van der Waals surface area contributed by atoms with Gasteiger partial charge in [0.05, 0.1) is 5.52 Å². The number of piperidine rings is 1. The van der Waals surface area contributed by atoms with Crippen LogP contribution in [-0.4, -0.2) is 59.1 Å². The topological polar surface area (TPSA) is 109 Å². The first-order valence-electron chi connectivity index (χ1n) is 10.9. The van der Waals surface area contributed by atoms with Crippen molar-refractivity contribution in [3.05, 3.63) is 18.2 Å². The van der Waals surface area contributed by atoms with Gasteiger partial charge in [0.15, 0.2) is 5.82 Å². The van der Waals surface area contributed by atoms with E-state index < -0.39 is 11.6 Å². The molecule has 0 radical (unpaired) electrons. The fraction of sp³-hybridized carbons (Fsp3) is 0.545. The third-order valence-corrected chi connectivity index (χ3v) is 5.71. The maximum Gasteiger partial charge on any atom is 0.407 e. The number of anilines is 2. The van der Waals surface area contributed by atoms with Crippen LogP contribution in [0.3, 0.4) is 0 Å². The van der Waals surface area contributed by atoms with E-state index >= 15 is 0 Å². The molecule has 2 aliphatic rings. The van der Waals surface area contributed by atoms with Crippen LogP contribution in [-0.2, 0) is 16.6 Å². The van der Waals surface area contributed by atoms with Crippen LogP contribution in [0.25, 0.3) is 10.9 Å². The number of hydrogen-bond acceptors (Lipinski definition) is 6. The molecule has 4 rings (SSSR count). The molecule has 10 heteroatoms. The summed E-state index contributed by atoms with van der Waals surface area (Å²) in [6, 6.07) is 5.72. The molecule has 1 aromatic carbocycles. The number of urea groups is 1. The minimum absolute atomic E-state index is 0.0912. The molecule has 0 unspecified atom stereocenters.